The number of aromatic nitrogens is 4. The first-order valence-electron chi connectivity index (χ1n) is 10.5. The van der Waals surface area contributed by atoms with Gasteiger partial charge in [0.05, 0.1) is 0 Å². The van der Waals surface area contributed by atoms with Crippen molar-refractivity contribution in [2.24, 2.45) is 5.92 Å². The van der Waals surface area contributed by atoms with Crippen LogP contribution in [0.4, 0.5) is 5.82 Å². The molecule has 0 bridgehead atoms. The Hall–Kier alpha value is -2.18. The fourth-order valence-corrected chi connectivity index (χ4v) is 4.74. The van der Waals surface area contributed by atoms with Gasteiger partial charge in [0.25, 0.3) is 0 Å². The highest BCUT2D eigenvalue weighted by Crippen LogP contribution is 2.31. The van der Waals surface area contributed by atoms with E-state index in [4.69, 9.17) is 5.10 Å². The van der Waals surface area contributed by atoms with Crippen molar-refractivity contribution in [2.45, 2.75) is 57.3 Å². The summed E-state index contributed by atoms with van der Waals surface area (Å²) in [5.74, 6) is 3.27. The Bertz CT molecular complexity index is 815. The van der Waals surface area contributed by atoms with Crippen LogP contribution in [0, 0.1) is 5.92 Å². The first-order valence-corrected chi connectivity index (χ1v) is 10.5. The van der Waals surface area contributed by atoms with E-state index >= 15 is 0 Å². The molecule has 1 amide bonds. The van der Waals surface area contributed by atoms with Crippen LogP contribution in [0.1, 0.15) is 63.1 Å². The summed E-state index contributed by atoms with van der Waals surface area (Å²) in [5.41, 5.74) is 0.814. The number of carbonyl (C=O) groups is 1. The minimum atomic E-state index is 0.328. The molecule has 2 aromatic heterocycles. The van der Waals surface area contributed by atoms with E-state index in [1.54, 1.807) is 0 Å². The summed E-state index contributed by atoms with van der Waals surface area (Å²) >= 11 is 0. The lowest BCUT2D eigenvalue weighted by Crippen LogP contribution is -2.39. The van der Waals surface area contributed by atoms with Crippen LogP contribution in [0.5, 0.6) is 0 Å². The maximum Gasteiger partial charge on any atom is 0.222 e. The van der Waals surface area contributed by atoms with Gasteiger partial charge in [-0.2, -0.15) is 4.52 Å². The third kappa shape index (κ3) is 3.28. The summed E-state index contributed by atoms with van der Waals surface area (Å²) in [6.07, 6.45) is 8.96. The van der Waals surface area contributed by atoms with Crippen LogP contribution < -0.4 is 4.90 Å². The van der Waals surface area contributed by atoms with Crippen LogP contribution in [-0.4, -0.2) is 56.8 Å². The highest BCUT2D eigenvalue weighted by molar-refractivity contribution is 5.76. The molecule has 4 heterocycles. The van der Waals surface area contributed by atoms with Gasteiger partial charge in [0.2, 0.25) is 5.91 Å². The molecule has 0 radical (unpaired) electrons. The van der Waals surface area contributed by atoms with Crippen molar-refractivity contribution in [3.63, 3.8) is 0 Å². The Balaban J connectivity index is 1.25. The largest absolute Gasteiger partial charge is 0.355 e. The number of piperidine rings is 1. The molecule has 0 spiro atoms. The van der Waals surface area contributed by atoms with E-state index in [9.17, 15) is 4.79 Å². The summed E-state index contributed by atoms with van der Waals surface area (Å²) in [6.45, 7) is 3.82. The van der Waals surface area contributed by atoms with Gasteiger partial charge >= 0.3 is 0 Å². The van der Waals surface area contributed by atoms with Crippen LogP contribution in [0.2, 0.25) is 0 Å². The number of hydrogen-bond donors (Lipinski definition) is 0. The molecule has 1 aliphatic carbocycles. The number of hydrogen-bond acceptors (Lipinski definition) is 5. The predicted molar refractivity (Wildman–Crippen MR) is 103 cm³/mol. The molecule has 1 saturated carbocycles. The number of nitrogens with zero attached hydrogens (tertiary/aromatic N) is 6. The van der Waals surface area contributed by atoms with E-state index in [2.05, 4.69) is 20.0 Å². The second kappa shape index (κ2) is 7.09. The average molecular weight is 368 g/mol. The minimum Gasteiger partial charge on any atom is -0.355 e. The highest BCUT2D eigenvalue weighted by atomic mass is 16.2. The van der Waals surface area contributed by atoms with Crippen molar-refractivity contribution < 1.29 is 4.79 Å². The maximum atomic E-state index is 12.6. The number of fused-ring (bicyclic) bond motifs is 1. The number of anilines is 1. The van der Waals surface area contributed by atoms with E-state index < -0.39 is 0 Å². The number of rotatable bonds is 4. The van der Waals surface area contributed by atoms with Crippen molar-refractivity contribution >= 4 is 17.4 Å². The van der Waals surface area contributed by atoms with Gasteiger partial charge in [-0.1, -0.05) is 12.8 Å². The summed E-state index contributed by atoms with van der Waals surface area (Å²) < 4.78 is 1.92. The van der Waals surface area contributed by atoms with Crippen molar-refractivity contribution in [3.05, 3.63) is 18.0 Å². The van der Waals surface area contributed by atoms with Crippen molar-refractivity contribution in [1.29, 1.82) is 0 Å². The first kappa shape index (κ1) is 17.0. The summed E-state index contributed by atoms with van der Waals surface area (Å²) in [4.78, 5) is 16.9. The lowest BCUT2D eigenvalue weighted by molar-refractivity contribution is -0.133. The first-order chi connectivity index (χ1) is 13.3. The number of carbonyl (C=O) groups excluding carboxylic acids is 1. The average Bonchev–Trinajstić information content (AvgIpc) is 3.30. The fourth-order valence-electron chi connectivity index (χ4n) is 4.74. The Morgan fingerprint density at radius 3 is 2.44 bits per heavy atom. The van der Waals surface area contributed by atoms with Gasteiger partial charge in [-0.15, -0.1) is 15.3 Å². The smallest absolute Gasteiger partial charge is 0.222 e. The SMILES string of the molecule is O=C(CC1CCCC1)N1CCC(c2nnc3ccc(N4CCC4)nn23)CC1. The minimum absolute atomic E-state index is 0.328. The van der Waals surface area contributed by atoms with Gasteiger partial charge in [-0.3, -0.25) is 4.79 Å². The lowest BCUT2D eigenvalue weighted by Gasteiger charge is -2.32. The Morgan fingerprint density at radius 1 is 0.963 bits per heavy atom. The topological polar surface area (TPSA) is 66.6 Å². The Labute approximate surface area is 159 Å². The van der Waals surface area contributed by atoms with Gasteiger partial charge in [0.1, 0.15) is 5.82 Å². The monoisotopic (exact) mass is 368 g/mol. The summed E-state index contributed by atoms with van der Waals surface area (Å²) in [5, 5.41) is 13.5. The maximum absolute atomic E-state index is 12.6. The molecule has 0 atom stereocenters. The Kier molecular flexibility index (Phi) is 4.45. The quantitative estimate of drug-likeness (QED) is 0.830. The van der Waals surface area contributed by atoms with E-state index in [1.807, 2.05) is 16.6 Å². The zero-order valence-corrected chi connectivity index (χ0v) is 15.9. The number of amides is 1. The van der Waals surface area contributed by atoms with Crippen LogP contribution in [0.3, 0.4) is 0 Å². The van der Waals surface area contributed by atoms with Crippen LogP contribution >= 0.6 is 0 Å². The molecular weight excluding hydrogens is 340 g/mol. The molecule has 7 nitrogen and oxygen atoms in total. The van der Waals surface area contributed by atoms with Gasteiger partial charge in [-0.25, -0.2) is 0 Å². The van der Waals surface area contributed by atoms with Crippen LogP contribution in [0.25, 0.3) is 5.65 Å². The fraction of sp³-hybridized carbons (Fsp3) is 0.700. The van der Waals surface area contributed by atoms with Gasteiger partial charge < -0.3 is 9.80 Å². The van der Waals surface area contributed by atoms with E-state index in [0.717, 1.165) is 62.7 Å². The van der Waals surface area contributed by atoms with Gasteiger partial charge in [0, 0.05) is 38.5 Å². The van der Waals surface area contributed by atoms with Crippen LogP contribution in [0.15, 0.2) is 12.1 Å². The molecule has 3 aliphatic rings. The molecule has 0 aromatic carbocycles. The van der Waals surface area contributed by atoms with Crippen molar-refractivity contribution in [2.75, 3.05) is 31.1 Å². The van der Waals surface area contributed by atoms with E-state index in [0.29, 0.717) is 17.7 Å². The molecule has 5 rings (SSSR count). The molecule has 3 fully saturated rings. The molecule has 2 saturated heterocycles. The predicted octanol–water partition coefficient (Wildman–Crippen LogP) is 2.62. The Morgan fingerprint density at radius 2 is 1.74 bits per heavy atom. The standard InChI is InChI=1S/C20H28N6O/c27-19(14-15-4-1-2-5-15)25-12-8-16(9-13-25)20-22-21-17-6-7-18(23-26(17)20)24-10-3-11-24/h6-7,15-16H,1-5,8-14H2. The normalized spacial score (nSPS) is 21.8. The summed E-state index contributed by atoms with van der Waals surface area (Å²) in [6, 6.07) is 4.05. The molecule has 7 heteroatoms. The molecule has 2 aromatic rings. The van der Waals surface area contributed by atoms with Crippen molar-refractivity contribution in [1.82, 2.24) is 24.7 Å². The third-order valence-electron chi connectivity index (χ3n) is 6.60. The second-order valence-electron chi connectivity index (χ2n) is 8.37. The van der Waals surface area contributed by atoms with E-state index in [1.165, 1.54) is 32.1 Å². The lowest BCUT2D eigenvalue weighted by atomic mass is 9.95. The van der Waals surface area contributed by atoms with E-state index in [-0.39, 0.29) is 0 Å². The molecule has 2 aliphatic heterocycles. The zero-order chi connectivity index (χ0) is 18.2. The molecule has 0 N–H and O–H groups in total. The molecule has 144 valence electrons. The second-order valence-corrected chi connectivity index (χ2v) is 8.37. The third-order valence-corrected chi connectivity index (χ3v) is 6.60. The van der Waals surface area contributed by atoms with Crippen molar-refractivity contribution in [3.8, 4) is 0 Å². The highest BCUT2D eigenvalue weighted by Gasteiger charge is 2.29. The van der Waals surface area contributed by atoms with Crippen LogP contribution in [-0.2, 0) is 4.79 Å². The van der Waals surface area contributed by atoms with Gasteiger partial charge in [0.15, 0.2) is 11.5 Å². The summed E-state index contributed by atoms with van der Waals surface area (Å²) in [7, 11) is 0. The zero-order valence-electron chi connectivity index (χ0n) is 15.9. The van der Waals surface area contributed by atoms with Gasteiger partial charge in [-0.05, 0) is 50.2 Å². The molecule has 0 unspecified atom stereocenters. The number of likely N-dealkylation sites (tertiary alicyclic amines) is 1. The molecule has 27 heavy (non-hydrogen) atoms. The molecular formula is C20H28N6O.